The average molecular weight is 412 g/mol. The summed E-state index contributed by atoms with van der Waals surface area (Å²) < 4.78 is 12.6. The van der Waals surface area contributed by atoms with Crippen LogP contribution in [0.5, 0.6) is 5.75 Å². The second-order valence-corrected chi connectivity index (χ2v) is 7.50. The van der Waals surface area contributed by atoms with E-state index in [2.05, 4.69) is 41.4 Å². The molecule has 2 aromatic carbocycles. The Morgan fingerprint density at radius 1 is 1.10 bits per heavy atom. The van der Waals surface area contributed by atoms with Crippen molar-refractivity contribution in [2.24, 2.45) is 0 Å². The highest BCUT2D eigenvalue weighted by Crippen LogP contribution is 2.33. The number of rotatable bonds is 9. The van der Waals surface area contributed by atoms with Gasteiger partial charge >= 0.3 is 5.97 Å². The fourth-order valence-electron chi connectivity index (χ4n) is 2.91. The highest BCUT2D eigenvalue weighted by atomic mass is 32.2. The Hall–Kier alpha value is -2.80. The lowest BCUT2D eigenvalue weighted by atomic mass is 10.1. The Balaban J connectivity index is 1.90. The molecule has 0 aliphatic rings. The van der Waals surface area contributed by atoms with Gasteiger partial charge in [0.15, 0.2) is 11.0 Å². The molecule has 1 heterocycles. The van der Waals surface area contributed by atoms with Crippen LogP contribution >= 0.6 is 11.8 Å². The molecule has 29 heavy (non-hydrogen) atoms. The first-order valence-corrected chi connectivity index (χ1v) is 10.6. The number of aromatic nitrogens is 3. The monoisotopic (exact) mass is 411 g/mol. The third kappa shape index (κ3) is 5.17. The maximum Gasteiger partial charge on any atom is 0.305 e. The molecule has 3 rings (SSSR count). The number of esters is 1. The Bertz CT molecular complexity index is 954. The molecule has 0 bridgehead atoms. The van der Waals surface area contributed by atoms with Gasteiger partial charge in [0.25, 0.3) is 0 Å². The van der Waals surface area contributed by atoms with E-state index in [1.165, 1.54) is 5.56 Å². The molecule has 6 nitrogen and oxygen atoms in total. The van der Waals surface area contributed by atoms with Crippen molar-refractivity contribution in [1.82, 2.24) is 14.8 Å². The number of hydrogen-bond acceptors (Lipinski definition) is 6. The summed E-state index contributed by atoms with van der Waals surface area (Å²) in [5.41, 5.74) is 3.04. The summed E-state index contributed by atoms with van der Waals surface area (Å²) in [6.45, 7) is 4.29. The molecule has 0 aliphatic heterocycles. The minimum atomic E-state index is -0.164. The number of para-hydroxylation sites is 1. The fourth-order valence-corrected chi connectivity index (χ4v) is 3.80. The number of hydrogen-bond donors (Lipinski definition) is 0. The lowest BCUT2D eigenvalue weighted by Gasteiger charge is -2.12. The molecule has 3 aromatic rings. The summed E-state index contributed by atoms with van der Waals surface area (Å²) in [5.74, 6) is 2.04. The van der Waals surface area contributed by atoms with Crippen LogP contribution in [0.3, 0.4) is 0 Å². The number of thioether (sulfide) groups is 1. The molecule has 152 valence electrons. The lowest BCUT2D eigenvalue weighted by molar-refractivity contribution is -0.143. The van der Waals surface area contributed by atoms with E-state index in [1.807, 2.05) is 35.8 Å². The van der Waals surface area contributed by atoms with Crippen LogP contribution in [0.1, 0.15) is 25.3 Å². The topological polar surface area (TPSA) is 66.2 Å². The Labute approximate surface area is 175 Å². The van der Waals surface area contributed by atoms with Gasteiger partial charge in [-0.25, -0.2) is 0 Å². The SMILES string of the molecule is CCOC(=O)CCCSc1nnc(-c2ccccc2OC)n1-c1ccc(C)cc1. The molecule has 0 saturated heterocycles. The van der Waals surface area contributed by atoms with Gasteiger partial charge in [-0.05, 0) is 44.5 Å². The van der Waals surface area contributed by atoms with E-state index in [1.54, 1.807) is 18.9 Å². The van der Waals surface area contributed by atoms with Gasteiger partial charge in [-0.15, -0.1) is 10.2 Å². The lowest BCUT2D eigenvalue weighted by Crippen LogP contribution is -2.04. The van der Waals surface area contributed by atoms with Crippen molar-refractivity contribution in [2.75, 3.05) is 19.5 Å². The van der Waals surface area contributed by atoms with Gasteiger partial charge in [0, 0.05) is 17.9 Å². The molecule has 0 N–H and O–H groups in total. The molecule has 0 spiro atoms. The third-order valence-electron chi connectivity index (χ3n) is 4.34. The first-order chi connectivity index (χ1) is 14.1. The third-order valence-corrected chi connectivity index (χ3v) is 5.35. The van der Waals surface area contributed by atoms with Crippen molar-refractivity contribution in [1.29, 1.82) is 0 Å². The van der Waals surface area contributed by atoms with Crippen LogP contribution in [0.2, 0.25) is 0 Å². The van der Waals surface area contributed by atoms with Crippen molar-refractivity contribution in [2.45, 2.75) is 31.8 Å². The van der Waals surface area contributed by atoms with Crippen LogP contribution in [-0.4, -0.2) is 40.2 Å². The van der Waals surface area contributed by atoms with E-state index in [0.717, 1.165) is 33.7 Å². The largest absolute Gasteiger partial charge is 0.496 e. The molecule has 1 aromatic heterocycles. The fraction of sp³-hybridized carbons (Fsp3) is 0.318. The van der Waals surface area contributed by atoms with Crippen molar-refractivity contribution in [3.63, 3.8) is 0 Å². The standard InChI is InChI=1S/C22H25N3O3S/c1-4-28-20(26)10-7-15-29-22-24-23-21(18-8-5-6-9-19(18)27-3)25(22)17-13-11-16(2)12-14-17/h5-6,8-9,11-14H,4,7,10,15H2,1-3H3. The Kier molecular flexibility index (Phi) is 7.30. The zero-order chi connectivity index (χ0) is 20.6. The first kappa shape index (κ1) is 20.9. The van der Waals surface area contributed by atoms with E-state index in [9.17, 15) is 4.79 Å². The van der Waals surface area contributed by atoms with Gasteiger partial charge in [-0.3, -0.25) is 9.36 Å². The number of ether oxygens (including phenoxy) is 2. The van der Waals surface area contributed by atoms with Crippen LogP contribution in [0.4, 0.5) is 0 Å². The van der Waals surface area contributed by atoms with Crippen LogP contribution in [-0.2, 0) is 9.53 Å². The summed E-state index contributed by atoms with van der Waals surface area (Å²) in [6.07, 6.45) is 1.12. The normalized spacial score (nSPS) is 10.7. The van der Waals surface area contributed by atoms with Crippen LogP contribution in [0.15, 0.2) is 53.7 Å². The maximum absolute atomic E-state index is 11.6. The second kappa shape index (κ2) is 10.1. The second-order valence-electron chi connectivity index (χ2n) is 6.43. The van der Waals surface area contributed by atoms with E-state index >= 15 is 0 Å². The van der Waals surface area contributed by atoms with Gasteiger partial charge in [-0.1, -0.05) is 41.6 Å². The number of carbonyl (C=O) groups excluding carboxylic acids is 1. The van der Waals surface area contributed by atoms with Gasteiger partial charge in [0.2, 0.25) is 0 Å². The molecular formula is C22H25N3O3S. The number of aryl methyl sites for hydroxylation is 1. The molecule has 0 atom stereocenters. The van der Waals surface area contributed by atoms with E-state index < -0.39 is 0 Å². The average Bonchev–Trinajstić information content (AvgIpc) is 3.15. The summed E-state index contributed by atoms with van der Waals surface area (Å²) in [6, 6.07) is 16.0. The molecular weight excluding hydrogens is 386 g/mol. The highest BCUT2D eigenvalue weighted by molar-refractivity contribution is 7.99. The van der Waals surface area contributed by atoms with Crippen molar-refractivity contribution in [3.8, 4) is 22.8 Å². The van der Waals surface area contributed by atoms with Crippen LogP contribution in [0.25, 0.3) is 17.1 Å². The summed E-state index contributed by atoms with van der Waals surface area (Å²) in [7, 11) is 1.65. The molecule has 0 amide bonds. The molecule has 0 saturated carbocycles. The minimum Gasteiger partial charge on any atom is -0.496 e. The predicted molar refractivity (Wildman–Crippen MR) is 115 cm³/mol. The zero-order valence-corrected chi connectivity index (χ0v) is 17.7. The molecule has 7 heteroatoms. The van der Waals surface area contributed by atoms with E-state index in [0.29, 0.717) is 19.4 Å². The number of carbonyl (C=O) groups is 1. The van der Waals surface area contributed by atoms with Gasteiger partial charge in [0.05, 0.1) is 19.3 Å². The van der Waals surface area contributed by atoms with Crippen LogP contribution in [0, 0.1) is 6.92 Å². The molecule has 0 aliphatic carbocycles. The van der Waals surface area contributed by atoms with Crippen molar-refractivity contribution in [3.05, 3.63) is 54.1 Å². The smallest absolute Gasteiger partial charge is 0.305 e. The summed E-state index contributed by atoms with van der Waals surface area (Å²) in [5, 5.41) is 9.66. The van der Waals surface area contributed by atoms with E-state index in [-0.39, 0.29) is 5.97 Å². The van der Waals surface area contributed by atoms with Crippen LogP contribution < -0.4 is 4.74 Å². The van der Waals surface area contributed by atoms with Gasteiger partial charge < -0.3 is 9.47 Å². The molecule has 0 unspecified atom stereocenters. The number of methoxy groups -OCH3 is 1. The van der Waals surface area contributed by atoms with Crippen molar-refractivity contribution < 1.29 is 14.3 Å². The molecule has 0 radical (unpaired) electrons. The Morgan fingerprint density at radius 2 is 1.86 bits per heavy atom. The summed E-state index contributed by atoms with van der Waals surface area (Å²) in [4.78, 5) is 11.6. The summed E-state index contributed by atoms with van der Waals surface area (Å²) >= 11 is 1.58. The zero-order valence-electron chi connectivity index (χ0n) is 16.9. The number of benzene rings is 2. The minimum absolute atomic E-state index is 0.164. The molecule has 0 fully saturated rings. The highest BCUT2D eigenvalue weighted by Gasteiger charge is 2.19. The quantitative estimate of drug-likeness (QED) is 0.289. The maximum atomic E-state index is 11.6. The predicted octanol–water partition coefficient (Wildman–Crippen LogP) is 4.69. The Morgan fingerprint density at radius 3 is 2.59 bits per heavy atom. The van der Waals surface area contributed by atoms with Crippen molar-refractivity contribution >= 4 is 17.7 Å². The van der Waals surface area contributed by atoms with Gasteiger partial charge in [-0.2, -0.15) is 0 Å². The van der Waals surface area contributed by atoms with E-state index in [4.69, 9.17) is 9.47 Å². The first-order valence-electron chi connectivity index (χ1n) is 9.58. The van der Waals surface area contributed by atoms with Gasteiger partial charge in [0.1, 0.15) is 5.75 Å². The number of nitrogens with zero attached hydrogens (tertiary/aromatic N) is 3.